The van der Waals surface area contributed by atoms with Crippen molar-refractivity contribution in [3.8, 4) is 0 Å². The predicted molar refractivity (Wildman–Crippen MR) is 82.6 cm³/mol. The van der Waals surface area contributed by atoms with Gasteiger partial charge in [0.2, 0.25) is 0 Å². The Morgan fingerprint density at radius 2 is 2.05 bits per heavy atom. The molecule has 2 aromatic rings. The average molecular weight is 297 g/mol. The smallest absolute Gasteiger partial charge is 0.147 e. The van der Waals surface area contributed by atoms with Crippen molar-refractivity contribution in [2.75, 3.05) is 19.1 Å². The van der Waals surface area contributed by atoms with Gasteiger partial charge in [0.15, 0.2) is 0 Å². The number of rotatable bonds is 6. The Bertz CT molecular complexity index is 646. The van der Waals surface area contributed by atoms with Crippen LogP contribution >= 0.6 is 11.3 Å². The number of sulfone groups is 1. The first-order valence-corrected chi connectivity index (χ1v) is 9.26. The van der Waals surface area contributed by atoms with E-state index in [2.05, 4.69) is 22.8 Å². The van der Waals surface area contributed by atoms with E-state index in [1.165, 1.54) is 21.9 Å². The van der Waals surface area contributed by atoms with Gasteiger partial charge in [-0.1, -0.05) is 18.2 Å². The molecule has 0 aliphatic heterocycles. The lowest BCUT2D eigenvalue weighted by atomic mass is 10.0. The molecule has 2 rings (SSSR count). The number of benzene rings is 1. The van der Waals surface area contributed by atoms with Crippen LogP contribution in [0.25, 0.3) is 10.1 Å². The minimum absolute atomic E-state index is 0.220. The summed E-state index contributed by atoms with van der Waals surface area (Å²) in [6.07, 6.45) is 2.82. The van der Waals surface area contributed by atoms with Crippen LogP contribution in [0.2, 0.25) is 0 Å². The van der Waals surface area contributed by atoms with Crippen molar-refractivity contribution >= 4 is 31.3 Å². The molecule has 5 heteroatoms. The number of thiophene rings is 1. The minimum Gasteiger partial charge on any atom is -0.313 e. The number of hydrogen-bond acceptors (Lipinski definition) is 4. The first kappa shape index (κ1) is 14.5. The number of nitrogens with one attached hydrogen (secondary N) is 1. The Balaban J connectivity index is 2.13. The molecule has 1 heterocycles. The van der Waals surface area contributed by atoms with E-state index < -0.39 is 9.84 Å². The predicted octanol–water partition coefficient (Wildman–Crippen LogP) is 2.99. The van der Waals surface area contributed by atoms with Crippen LogP contribution in [-0.4, -0.2) is 27.5 Å². The molecule has 0 spiro atoms. The molecule has 104 valence electrons. The highest BCUT2D eigenvalue weighted by Crippen LogP contribution is 2.32. The molecule has 3 nitrogen and oxygen atoms in total. The van der Waals surface area contributed by atoms with Crippen LogP contribution in [0.15, 0.2) is 29.6 Å². The van der Waals surface area contributed by atoms with Gasteiger partial charge in [-0.05, 0) is 42.3 Å². The Hall–Kier alpha value is -0.910. The van der Waals surface area contributed by atoms with E-state index in [9.17, 15) is 8.42 Å². The van der Waals surface area contributed by atoms with Crippen molar-refractivity contribution in [2.24, 2.45) is 0 Å². The van der Waals surface area contributed by atoms with E-state index >= 15 is 0 Å². The maximum Gasteiger partial charge on any atom is 0.147 e. The van der Waals surface area contributed by atoms with Gasteiger partial charge in [0.1, 0.15) is 9.84 Å². The van der Waals surface area contributed by atoms with E-state index in [1.807, 2.05) is 19.2 Å². The molecule has 0 aliphatic carbocycles. The first-order chi connectivity index (χ1) is 9.01. The third-order valence-electron chi connectivity index (χ3n) is 3.24. The standard InChI is InChI=1S/C14H19NO2S2/c1-15-13(7-5-9-19(2,16)17)12-10-18-14-8-4-3-6-11(12)14/h3-4,6,8,10,13,15H,5,7,9H2,1-2H3. The van der Waals surface area contributed by atoms with Crippen LogP contribution < -0.4 is 5.32 Å². The van der Waals surface area contributed by atoms with Gasteiger partial charge in [-0.15, -0.1) is 11.3 Å². The van der Waals surface area contributed by atoms with Crippen LogP contribution in [0, 0.1) is 0 Å². The van der Waals surface area contributed by atoms with Gasteiger partial charge in [-0.3, -0.25) is 0 Å². The molecule has 1 N–H and O–H groups in total. The van der Waals surface area contributed by atoms with E-state index in [1.54, 1.807) is 11.3 Å². The fourth-order valence-electron chi connectivity index (χ4n) is 2.27. The topological polar surface area (TPSA) is 46.2 Å². The summed E-state index contributed by atoms with van der Waals surface area (Å²) >= 11 is 1.74. The van der Waals surface area contributed by atoms with Crippen LogP contribution in [0.1, 0.15) is 24.4 Å². The molecular formula is C14H19NO2S2. The summed E-state index contributed by atoms with van der Waals surface area (Å²) in [6.45, 7) is 0. The summed E-state index contributed by atoms with van der Waals surface area (Å²) < 4.78 is 23.6. The summed E-state index contributed by atoms with van der Waals surface area (Å²) in [4.78, 5) is 0. The maximum absolute atomic E-state index is 11.2. The highest BCUT2D eigenvalue weighted by atomic mass is 32.2. The second-order valence-electron chi connectivity index (χ2n) is 4.80. The lowest BCUT2D eigenvalue weighted by molar-refractivity contribution is 0.540. The van der Waals surface area contributed by atoms with Crippen molar-refractivity contribution < 1.29 is 8.42 Å². The molecule has 1 unspecified atom stereocenters. The summed E-state index contributed by atoms with van der Waals surface area (Å²) in [5.41, 5.74) is 1.27. The highest BCUT2D eigenvalue weighted by Gasteiger charge is 2.14. The van der Waals surface area contributed by atoms with E-state index in [0.29, 0.717) is 6.42 Å². The van der Waals surface area contributed by atoms with Crippen molar-refractivity contribution in [2.45, 2.75) is 18.9 Å². The molecule has 19 heavy (non-hydrogen) atoms. The van der Waals surface area contributed by atoms with Gasteiger partial charge < -0.3 is 5.32 Å². The van der Waals surface area contributed by atoms with Crippen molar-refractivity contribution in [3.63, 3.8) is 0 Å². The van der Waals surface area contributed by atoms with Gasteiger partial charge in [-0.25, -0.2) is 8.42 Å². The van der Waals surface area contributed by atoms with E-state index in [-0.39, 0.29) is 11.8 Å². The van der Waals surface area contributed by atoms with Crippen LogP contribution in [0.5, 0.6) is 0 Å². The highest BCUT2D eigenvalue weighted by molar-refractivity contribution is 7.90. The Kier molecular flexibility index (Phi) is 4.60. The second-order valence-corrected chi connectivity index (χ2v) is 7.97. The third kappa shape index (κ3) is 3.78. The fraction of sp³-hybridized carbons (Fsp3) is 0.429. The van der Waals surface area contributed by atoms with Gasteiger partial charge in [0, 0.05) is 22.8 Å². The quantitative estimate of drug-likeness (QED) is 0.891. The molecule has 1 aromatic carbocycles. The Morgan fingerprint density at radius 3 is 2.74 bits per heavy atom. The molecule has 0 saturated carbocycles. The first-order valence-electron chi connectivity index (χ1n) is 6.32. The van der Waals surface area contributed by atoms with E-state index in [0.717, 1.165) is 6.42 Å². The molecular weight excluding hydrogens is 278 g/mol. The molecule has 1 atom stereocenters. The molecule has 1 aromatic heterocycles. The number of hydrogen-bond donors (Lipinski definition) is 1. The zero-order chi connectivity index (χ0) is 13.9. The van der Waals surface area contributed by atoms with Crippen LogP contribution in [-0.2, 0) is 9.84 Å². The summed E-state index contributed by atoms with van der Waals surface area (Å²) in [7, 11) is -0.936. The lowest BCUT2D eigenvalue weighted by Crippen LogP contribution is -2.17. The molecule has 0 saturated heterocycles. The fourth-order valence-corrected chi connectivity index (χ4v) is 3.98. The largest absolute Gasteiger partial charge is 0.313 e. The zero-order valence-electron chi connectivity index (χ0n) is 11.2. The summed E-state index contributed by atoms with van der Waals surface area (Å²) in [6, 6.07) is 8.55. The minimum atomic E-state index is -2.86. The van der Waals surface area contributed by atoms with Gasteiger partial charge in [-0.2, -0.15) is 0 Å². The van der Waals surface area contributed by atoms with Gasteiger partial charge in [0.25, 0.3) is 0 Å². The normalized spacial score (nSPS) is 13.8. The maximum atomic E-state index is 11.2. The average Bonchev–Trinajstić information content (AvgIpc) is 2.77. The van der Waals surface area contributed by atoms with Crippen molar-refractivity contribution in [1.29, 1.82) is 0 Å². The summed E-state index contributed by atoms with van der Waals surface area (Å²) in [5.74, 6) is 0.257. The van der Waals surface area contributed by atoms with Crippen LogP contribution in [0.4, 0.5) is 0 Å². The number of fused-ring (bicyclic) bond motifs is 1. The monoisotopic (exact) mass is 297 g/mol. The Morgan fingerprint density at radius 1 is 1.32 bits per heavy atom. The molecule has 0 aliphatic rings. The van der Waals surface area contributed by atoms with Crippen molar-refractivity contribution in [3.05, 3.63) is 35.2 Å². The SMILES string of the molecule is CNC(CCCS(C)(=O)=O)c1csc2ccccc12. The van der Waals surface area contributed by atoms with Gasteiger partial charge in [0.05, 0.1) is 0 Å². The zero-order valence-corrected chi connectivity index (χ0v) is 12.9. The molecule has 0 radical (unpaired) electrons. The van der Waals surface area contributed by atoms with Crippen LogP contribution in [0.3, 0.4) is 0 Å². The molecule has 0 bridgehead atoms. The van der Waals surface area contributed by atoms with Gasteiger partial charge >= 0.3 is 0 Å². The summed E-state index contributed by atoms with van der Waals surface area (Å²) in [5, 5.41) is 6.74. The Labute approximate surface area is 118 Å². The molecule has 0 amide bonds. The lowest BCUT2D eigenvalue weighted by Gasteiger charge is -2.15. The third-order valence-corrected chi connectivity index (χ3v) is 5.25. The second kappa shape index (κ2) is 6.03. The molecule has 0 fully saturated rings. The van der Waals surface area contributed by atoms with Crippen molar-refractivity contribution in [1.82, 2.24) is 5.32 Å². The van der Waals surface area contributed by atoms with E-state index in [4.69, 9.17) is 0 Å².